The van der Waals surface area contributed by atoms with Gasteiger partial charge in [-0.3, -0.25) is 0 Å². The maximum absolute atomic E-state index is 11.5. The van der Waals surface area contributed by atoms with Crippen LogP contribution in [0.4, 0.5) is 5.69 Å². The number of hydrogen-bond donors (Lipinski definition) is 2. The third-order valence-electron chi connectivity index (χ3n) is 4.67. The van der Waals surface area contributed by atoms with Crippen molar-refractivity contribution in [2.75, 3.05) is 18.3 Å². The predicted octanol–water partition coefficient (Wildman–Crippen LogP) is 2.66. The molecule has 2 aliphatic rings. The number of nitrogens with zero attached hydrogens (tertiary/aromatic N) is 3. The van der Waals surface area contributed by atoms with Gasteiger partial charge in [0.15, 0.2) is 9.84 Å². The fourth-order valence-corrected chi connectivity index (χ4v) is 3.95. The molecule has 1 aromatic carbocycles. The van der Waals surface area contributed by atoms with Crippen molar-refractivity contribution in [3.63, 3.8) is 0 Å². The van der Waals surface area contributed by atoms with E-state index in [0.717, 1.165) is 29.1 Å². The standard InChI is InChI=1S/C22H27N5O2S/c1-24-18-7-9-19(10-8-18)25-21(13-14-23)22-4-3-15-27(26-22)20-11-5-17(6-12-20)16-30(2,28)29/h3,5-7,9-15,18,24H,4,8,16,23H2,1-2H3. The Bertz CT molecular complexity index is 1050. The van der Waals surface area contributed by atoms with E-state index >= 15 is 0 Å². The normalized spacial score (nSPS) is 19.9. The Kier molecular flexibility index (Phi) is 7.02. The number of sulfone groups is 1. The van der Waals surface area contributed by atoms with E-state index in [1.54, 1.807) is 23.2 Å². The van der Waals surface area contributed by atoms with E-state index in [0.29, 0.717) is 18.2 Å². The van der Waals surface area contributed by atoms with Crippen LogP contribution in [0.3, 0.4) is 0 Å². The van der Waals surface area contributed by atoms with E-state index in [1.165, 1.54) is 12.5 Å². The average molecular weight is 426 g/mol. The molecule has 0 saturated heterocycles. The summed E-state index contributed by atoms with van der Waals surface area (Å²) in [6.45, 7) is 0. The minimum atomic E-state index is -3.07. The van der Waals surface area contributed by atoms with Crippen molar-refractivity contribution < 1.29 is 8.42 Å². The van der Waals surface area contributed by atoms with Crippen LogP contribution in [0.25, 0.3) is 0 Å². The van der Waals surface area contributed by atoms with Crippen molar-refractivity contribution in [2.45, 2.75) is 24.6 Å². The SMILES string of the molecule is CNC1C=CC(N=C(C=CN)C2=NN(c3ccc(CS(C)(=O)=O)cc3)C=CC2)=CC1. The molecule has 3 rings (SSSR count). The highest BCUT2D eigenvalue weighted by atomic mass is 32.2. The molecule has 7 nitrogen and oxygen atoms in total. The van der Waals surface area contributed by atoms with Gasteiger partial charge in [0.1, 0.15) is 0 Å². The zero-order valence-electron chi connectivity index (χ0n) is 17.2. The topological polar surface area (TPSA) is 100 Å². The summed E-state index contributed by atoms with van der Waals surface area (Å²) in [4.78, 5) is 4.74. The molecule has 1 unspecified atom stereocenters. The molecular weight excluding hydrogens is 398 g/mol. The number of anilines is 1. The van der Waals surface area contributed by atoms with Crippen LogP contribution in [-0.2, 0) is 15.6 Å². The van der Waals surface area contributed by atoms with Gasteiger partial charge in [-0.2, -0.15) is 5.10 Å². The maximum atomic E-state index is 11.5. The summed E-state index contributed by atoms with van der Waals surface area (Å²) in [5.41, 5.74) is 9.62. The minimum absolute atomic E-state index is 0.0206. The molecule has 0 fully saturated rings. The number of hydrazone groups is 1. The van der Waals surface area contributed by atoms with Gasteiger partial charge in [-0.25, -0.2) is 18.4 Å². The lowest BCUT2D eigenvalue weighted by Gasteiger charge is -2.21. The van der Waals surface area contributed by atoms with E-state index in [2.05, 4.69) is 17.5 Å². The lowest BCUT2D eigenvalue weighted by molar-refractivity contribution is 0.601. The molecule has 8 heteroatoms. The summed E-state index contributed by atoms with van der Waals surface area (Å²) < 4.78 is 23.0. The molecule has 1 aliphatic carbocycles. The number of benzene rings is 1. The van der Waals surface area contributed by atoms with E-state index in [1.807, 2.05) is 37.5 Å². The van der Waals surface area contributed by atoms with E-state index < -0.39 is 9.84 Å². The quantitative estimate of drug-likeness (QED) is 0.654. The molecule has 0 aromatic heterocycles. The summed E-state index contributed by atoms with van der Waals surface area (Å²) in [6, 6.07) is 7.65. The summed E-state index contributed by atoms with van der Waals surface area (Å²) in [7, 11) is -1.13. The molecular formula is C22H27N5O2S. The van der Waals surface area contributed by atoms with Gasteiger partial charge in [-0.05, 0) is 49.5 Å². The van der Waals surface area contributed by atoms with Crippen LogP contribution in [0.15, 0.2) is 82.8 Å². The molecule has 30 heavy (non-hydrogen) atoms. The first-order valence-corrected chi connectivity index (χ1v) is 11.8. The first-order chi connectivity index (χ1) is 14.4. The van der Waals surface area contributed by atoms with Gasteiger partial charge in [0.25, 0.3) is 0 Å². The Hall–Kier alpha value is -2.97. The van der Waals surface area contributed by atoms with Gasteiger partial charge in [0.05, 0.1) is 28.6 Å². The Morgan fingerprint density at radius 3 is 2.73 bits per heavy atom. The molecule has 1 aliphatic heterocycles. The molecule has 1 heterocycles. The predicted molar refractivity (Wildman–Crippen MR) is 124 cm³/mol. The summed E-state index contributed by atoms with van der Waals surface area (Å²) in [6.07, 6.45) is 16.0. The fourth-order valence-electron chi connectivity index (χ4n) is 3.15. The molecule has 0 amide bonds. The lowest BCUT2D eigenvalue weighted by Crippen LogP contribution is -2.24. The lowest BCUT2D eigenvalue weighted by atomic mass is 10.1. The van der Waals surface area contributed by atoms with E-state index in [-0.39, 0.29) is 5.75 Å². The van der Waals surface area contributed by atoms with E-state index in [9.17, 15) is 8.42 Å². The number of likely N-dealkylation sites (N-methyl/N-ethyl adjacent to an activating group) is 1. The number of aliphatic imine (C=N–C) groups is 1. The van der Waals surface area contributed by atoms with Crippen LogP contribution >= 0.6 is 0 Å². The monoisotopic (exact) mass is 425 g/mol. The number of rotatable bonds is 7. The van der Waals surface area contributed by atoms with Gasteiger partial charge >= 0.3 is 0 Å². The molecule has 0 saturated carbocycles. The highest BCUT2D eigenvalue weighted by Crippen LogP contribution is 2.21. The summed E-state index contributed by atoms with van der Waals surface area (Å²) in [5.74, 6) is 0.0206. The van der Waals surface area contributed by atoms with Gasteiger partial charge in [-0.1, -0.05) is 30.4 Å². The van der Waals surface area contributed by atoms with Gasteiger partial charge < -0.3 is 11.1 Å². The van der Waals surface area contributed by atoms with Crippen LogP contribution in [-0.4, -0.2) is 39.2 Å². The van der Waals surface area contributed by atoms with Gasteiger partial charge in [0.2, 0.25) is 0 Å². The number of allylic oxidation sites excluding steroid dienone is 3. The van der Waals surface area contributed by atoms with Crippen LogP contribution in [0.1, 0.15) is 18.4 Å². The zero-order chi connectivity index (χ0) is 21.6. The second kappa shape index (κ2) is 9.69. The molecule has 1 aromatic rings. The Labute approximate surface area is 178 Å². The molecule has 0 spiro atoms. The van der Waals surface area contributed by atoms with E-state index in [4.69, 9.17) is 15.8 Å². The zero-order valence-corrected chi connectivity index (χ0v) is 18.0. The van der Waals surface area contributed by atoms with Crippen molar-refractivity contribution >= 4 is 26.9 Å². The van der Waals surface area contributed by atoms with Crippen LogP contribution in [0.2, 0.25) is 0 Å². The van der Waals surface area contributed by atoms with Gasteiger partial charge in [-0.15, -0.1) is 0 Å². The Morgan fingerprint density at radius 1 is 1.37 bits per heavy atom. The average Bonchev–Trinajstić information content (AvgIpc) is 2.73. The molecule has 158 valence electrons. The minimum Gasteiger partial charge on any atom is -0.405 e. The van der Waals surface area contributed by atoms with Crippen molar-refractivity contribution in [3.8, 4) is 0 Å². The first kappa shape index (κ1) is 21.7. The second-order valence-electron chi connectivity index (χ2n) is 7.19. The molecule has 0 bridgehead atoms. The number of nitrogens with one attached hydrogen (secondary N) is 1. The van der Waals surface area contributed by atoms with Crippen LogP contribution in [0.5, 0.6) is 0 Å². The highest BCUT2D eigenvalue weighted by Gasteiger charge is 2.15. The molecule has 3 N–H and O–H groups in total. The van der Waals surface area contributed by atoms with Crippen molar-refractivity contribution in [2.24, 2.45) is 15.8 Å². The van der Waals surface area contributed by atoms with Gasteiger partial charge in [0, 0.05) is 24.9 Å². The van der Waals surface area contributed by atoms with Crippen molar-refractivity contribution in [1.82, 2.24) is 5.32 Å². The summed E-state index contributed by atoms with van der Waals surface area (Å²) >= 11 is 0. The fraction of sp³-hybridized carbons (Fsp3) is 0.273. The molecule has 1 atom stereocenters. The number of nitrogens with two attached hydrogens (primary N) is 1. The van der Waals surface area contributed by atoms with Crippen LogP contribution in [0, 0.1) is 0 Å². The smallest absolute Gasteiger partial charge is 0.151 e. The second-order valence-corrected chi connectivity index (χ2v) is 9.33. The number of hydrogen-bond acceptors (Lipinski definition) is 7. The van der Waals surface area contributed by atoms with Crippen molar-refractivity contribution in [1.29, 1.82) is 0 Å². The molecule has 0 radical (unpaired) electrons. The third-order valence-corrected chi connectivity index (χ3v) is 5.52. The van der Waals surface area contributed by atoms with Crippen LogP contribution < -0.4 is 16.1 Å². The van der Waals surface area contributed by atoms with Crippen molar-refractivity contribution in [3.05, 3.63) is 78.3 Å². The highest BCUT2D eigenvalue weighted by molar-refractivity contribution is 7.89. The summed E-state index contributed by atoms with van der Waals surface area (Å²) in [5, 5.41) is 9.69. The first-order valence-electron chi connectivity index (χ1n) is 9.71. The Morgan fingerprint density at radius 2 is 2.13 bits per heavy atom. The maximum Gasteiger partial charge on any atom is 0.151 e. The Balaban J connectivity index is 1.82. The third kappa shape index (κ3) is 6.01. The largest absolute Gasteiger partial charge is 0.405 e.